The van der Waals surface area contributed by atoms with Crippen molar-refractivity contribution in [1.82, 2.24) is 9.97 Å². The van der Waals surface area contributed by atoms with Gasteiger partial charge in [-0.25, -0.2) is 9.97 Å². The van der Waals surface area contributed by atoms with Gasteiger partial charge in [-0.15, -0.1) is 0 Å². The minimum absolute atomic E-state index is 0.750. The normalized spacial score (nSPS) is 6.67. The Bertz CT molecular complexity index is 146. The summed E-state index contributed by atoms with van der Waals surface area (Å²) in [6.07, 6.45) is 4.88. The molecule has 0 saturated carbocycles. The molecule has 0 atom stereocenters. The van der Waals surface area contributed by atoms with Crippen LogP contribution < -0.4 is 0 Å². The van der Waals surface area contributed by atoms with Crippen LogP contribution in [0.4, 0.5) is 0 Å². The molecule has 0 N–H and O–H groups in total. The first-order valence-electron chi connectivity index (χ1n) is 2.03. The summed E-state index contributed by atoms with van der Waals surface area (Å²) in [5.74, 6) is 0. The number of hydrogen-bond donors (Lipinski definition) is 0. The van der Waals surface area contributed by atoms with Gasteiger partial charge in [-0.2, -0.15) is 8.42 Å². The highest BCUT2D eigenvalue weighted by molar-refractivity contribution is 7.51. The Morgan fingerprint density at radius 2 is 1.56 bits per heavy atom. The lowest BCUT2D eigenvalue weighted by Crippen LogP contribution is -1.66. The molecular formula is C4H4N2O2S. The Morgan fingerprint density at radius 3 is 1.67 bits per heavy atom. The van der Waals surface area contributed by atoms with Gasteiger partial charge in [0.1, 0.15) is 6.33 Å². The summed E-state index contributed by atoms with van der Waals surface area (Å²) in [6.45, 7) is 0. The van der Waals surface area contributed by atoms with Crippen LogP contribution in [0.2, 0.25) is 0 Å². The van der Waals surface area contributed by atoms with Crippen LogP contribution in [0.25, 0.3) is 0 Å². The molecule has 1 aromatic rings. The van der Waals surface area contributed by atoms with Gasteiger partial charge in [-0.3, -0.25) is 0 Å². The zero-order chi connectivity index (χ0) is 6.95. The number of nitrogens with zero attached hydrogens (tertiary/aromatic N) is 2. The van der Waals surface area contributed by atoms with Crippen molar-refractivity contribution in [1.29, 1.82) is 0 Å². The van der Waals surface area contributed by atoms with Crippen LogP contribution in [0.5, 0.6) is 0 Å². The van der Waals surface area contributed by atoms with Crippen molar-refractivity contribution >= 4 is 11.6 Å². The van der Waals surface area contributed by atoms with E-state index in [1.807, 2.05) is 0 Å². The lowest BCUT2D eigenvalue weighted by Gasteiger charge is -1.70. The van der Waals surface area contributed by atoms with Crippen molar-refractivity contribution in [3.05, 3.63) is 24.8 Å². The third-order valence-electron chi connectivity index (χ3n) is 0.478. The number of aromatic nitrogens is 2. The van der Waals surface area contributed by atoms with Crippen molar-refractivity contribution in [2.75, 3.05) is 0 Å². The van der Waals surface area contributed by atoms with Gasteiger partial charge in [0.05, 0.1) is 0 Å². The Kier molecular flexibility index (Phi) is 6.06. The smallest absolute Gasteiger partial charge is 0.245 e. The van der Waals surface area contributed by atoms with Crippen LogP contribution in [0.3, 0.4) is 0 Å². The second-order valence-corrected chi connectivity index (χ2v) is 1.11. The van der Waals surface area contributed by atoms with E-state index in [4.69, 9.17) is 8.42 Å². The summed E-state index contributed by atoms with van der Waals surface area (Å²) >= 11 is -0.750. The molecule has 0 aliphatic carbocycles. The molecule has 48 valence electrons. The molecule has 0 saturated heterocycles. The van der Waals surface area contributed by atoms with E-state index in [1.54, 1.807) is 18.5 Å². The molecule has 0 radical (unpaired) electrons. The maximum absolute atomic E-state index is 8.29. The first-order chi connectivity index (χ1) is 4.41. The third kappa shape index (κ3) is 6.90. The SMILES string of the molecule is O=S=O.c1cncnc1. The van der Waals surface area contributed by atoms with E-state index in [9.17, 15) is 0 Å². The van der Waals surface area contributed by atoms with Crippen LogP contribution in [0, 0.1) is 0 Å². The van der Waals surface area contributed by atoms with E-state index in [0.717, 1.165) is 0 Å². The summed E-state index contributed by atoms with van der Waals surface area (Å²) in [7, 11) is 0. The van der Waals surface area contributed by atoms with Gasteiger partial charge in [0.25, 0.3) is 0 Å². The van der Waals surface area contributed by atoms with Gasteiger partial charge in [-0.05, 0) is 6.07 Å². The second-order valence-electron chi connectivity index (χ2n) is 0.972. The van der Waals surface area contributed by atoms with Crippen molar-refractivity contribution in [2.45, 2.75) is 0 Å². The molecule has 9 heavy (non-hydrogen) atoms. The molecule has 5 heteroatoms. The van der Waals surface area contributed by atoms with Gasteiger partial charge in [0, 0.05) is 12.4 Å². The van der Waals surface area contributed by atoms with Crippen molar-refractivity contribution in [2.24, 2.45) is 0 Å². The predicted octanol–water partition coefficient (Wildman–Crippen LogP) is -0.194. The van der Waals surface area contributed by atoms with E-state index in [1.165, 1.54) is 6.33 Å². The van der Waals surface area contributed by atoms with Gasteiger partial charge in [-0.1, -0.05) is 0 Å². The van der Waals surface area contributed by atoms with Crippen LogP contribution in [-0.2, 0) is 11.6 Å². The molecule has 0 aromatic carbocycles. The number of rotatable bonds is 0. The van der Waals surface area contributed by atoms with Crippen LogP contribution in [0.1, 0.15) is 0 Å². The average molecular weight is 144 g/mol. The zero-order valence-electron chi connectivity index (χ0n) is 4.43. The van der Waals surface area contributed by atoms with Crippen molar-refractivity contribution in [3.8, 4) is 0 Å². The molecule has 1 aromatic heterocycles. The Hall–Kier alpha value is -1.10. The van der Waals surface area contributed by atoms with E-state index < -0.39 is 11.6 Å². The molecule has 0 bridgehead atoms. The lowest BCUT2D eigenvalue weighted by molar-refractivity contribution is 0.630. The quantitative estimate of drug-likeness (QED) is 0.506. The van der Waals surface area contributed by atoms with Gasteiger partial charge in [0.15, 0.2) is 0 Å². The summed E-state index contributed by atoms with van der Waals surface area (Å²) in [5, 5.41) is 0. The Labute approximate surface area is 55.6 Å². The molecule has 0 fully saturated rings. The molecular weight excluding hydrogens is 140 g/mol. The van der Waals surface area contributed by atoms with E-state index in [-0.39, 0.29) is 0 Å². The Balaban J connectivity index is 0.000000187. The van der Waals surface area contributed by atoms with Crippen LogP contribution >= 0.6 is 0 Å². The fourth-order valence-corrected chi connectivity index (χ4v) is 0.253. The van der Waals surface area contributed by atoms with Gasteiger partial charge in [0.2, 0.25) is 0 Å². The average Bonchev–Trinajstić information content (AvgIpc) is 1.93. The number of hydrogen-bond acceptors (Lipinski definition) is 4. The summed E-state index contributed by atoms with van der Waals surface area (Å²) in [4.78, 5) is 7.35. The first-order valence-corrected chi connectivity index (χ1v) is 2.70. The fourth-order valence-electron chi connectivity index (χ4n) is 0.253. The third-order valence-corrected chi connectivity index (χ3v) is 0.478. The fraction of sp³-hybridized carbons (Fsp3) is 0. The van der Waals surface area contributed by atoms with E-state index >= 15 is 0 Å². The maximum atomic E-state index is 8.29. The first kappa shape index (κ1) is 7.90. The highest BCUT2D eigenvalue weighted by Gasteiger charge is 1.59. The largest absolute Gasteiger partial charge is 0.335 e. The maximum Gasteiger partial charge on any atom is 0.335 e. The molecule has 0 amide bonds. The lowest BCUT2D eigenvalue weighted by atomic mass is 10.7. The summed E-state index contributed by atoms with van der Waals surface area (Å²) in [5.41, 5.74) is 0. The highest BCUT2D eigenvalue weighted by Crippen LogP contribution is 1.66. The van der Waals surface area contributed by atoms with Crippen molar-refractivity contribution < 1.29 is 8.42 Å². The topological polar surface area (TPSA) is 59.9 Å². The van der Waals surface area contributed by atoms with E-state index in [2.05, 4.69) is 9.97 Å². The minimum atomic E-state index is -0.750. The summed E-state index contributed by atoms with van der Waals surface area (Å²) < 4.78 is 16.6. The minimum Gasteiger partial charge on any atom is -0.245 e. The molecule has 0 unspecified atom stereocenters. The molecule has 1 heterocycles. The predicted molar refractivity (Wildman–Crippen MR) is 31.0 cm³/mol. The van der Waals surface area contributed by atoms with Gasteiger partial charge >= 0.3 is 11.6 Å². The summed E-state index contributed by atoms with van der Waals surface area (Å²) in [6, 6.07) is 1.78. The molecule has 1 rings (SSSR count). The molecule has 0 aliphatic heterocycles. The zero-order valence-corrected chi connectivity index (χ0v) is 5.25. The van der Waals surface area contributed by atoms with Gasteiger partial charge < -0.3 is 0 Å². The van der Waals surface area contributed by atoms with Crippen LogP contribution in [0.15, 0.2) is 24.8 Å². The standard InChI is InChI=1S/C4H4N2.O2S/c1-2-5-4-6-3-1;1-3-2/h1-4H;. The molecule has 4 nitrogen and oxygen atoms in total. The highest BCUT2D eigenvalue weighted by atomic mass is 32.1. The monoisotopic (exact) mass is 144 g/mol. The Morgan fingerprint density at radius 1 is 1.11 bits per heavy atom. The van der Waals surface area contributed by atoms with Crippen LogP contribution in [-0.4, -0.2) is 18.4 Å². The second kappa shape index (κ2) is 6.90. The molecule has 0 spiro atoms. The molecule has 0 aliphatic rings. The van der Waals surface area contributed by atoms with E-state index in [0.29, 0.717) is 0 Å². The van der Waals surface area contributed by atoms with Crippen molar-refractivity contribution in [3.63, 3.8) is 0 Å².